The summed E-state index contributed by atoms with van der Waals surface area (Å²) in [5.41, 5.74) is 3.06. The Bertz CT molecular complexity index is 971. The highest BCUT2D eigenvalue weighted by atomic mass is 35.5. The molecule has 0 N–H and O–H groups in total. The van der Waals surface area contributed by atoms with E-state index in [-0.39, 0.29) is 36.0 Å². The van der Waals surface area contributed by atoms with E-state index in [1.54, 1.807) is 6.07 Å². The van der Waals surface area contributed by atoms with Crippen molar-refractivity contribution >= 4 is 29.7 Å². The number of halogens is 3. The van der Waals surface area contributed by atoms with Gasteiger partial charge in [0.15, 0.2) is 0 Å². The lowest BCUT2D eigenvalue weighted by Crippen LogP contribution is -2.45. The molecule has 0 bridgehead atoms. The van der Waals surface area contributed by atoms with Crippen LogP contribution in [0.4, 0.5) is 20.2 Å². The number of amides is 1. The molecule has 0 aliphatic carbocycles. The molecule has 2 aromatic rings. The molecule has 33 heavy (non-hydrogen) atoms. The third kappa shape index (κ3) is 5.02. The lowest BCUT2D eigenvalue weighted by atomic mass is 9.89. The molecule has 178 valence electrons. The molecule has 3 aliphatic rings. The van der Waals surface area contributed by atoms with E-state index in [4.69, 9.17) is 0 Å². The van der Waals surface area contributed by atoms with Gasteiger partial charge in [-0.1, -0.05) is 0 Å². The first-order chi connectivity index (χ1) is 15.6. The number of carbonyl (C=O) groups excluding carboxylic acids is 1. The first-order valence-electron chi connectivity index (χ1n) is 11.9. The summed E-state index contributed by atoms with van der Waals surface area (Å²) in [7, 11) is 0. The molecule has 2 atom stereocenters. The summed E-state index contributed by atoms with van der Waals surface area (Å²) in [4.78, 5) is 18.8. The number of anilines is 2. The van der Waals surface area contributed by atoms with E-state index in [1.165, 1.54) is 18.2 Å². The number of benzene rings is 2. The van der Waals surface area contributed by atoms with E-state index in [1.807, 2.05) is 23.1 Å². The summed E-state index contributed by atoms with van der Waals surface area (Å²) in [6.45, 7) is 4.69. The molecule has 0 aromatic heterocycles. The molecule has 0 radical (unpaired) electrons. The fraction of sp³-hybridized carbons (Fsp3) is 0.500. The lowest BCUT2D eigenvalue weighted by Gasteiger charge is -2.39. The molecule has 7 heteroatoms. The van der Waals surface area contributed by atoms with Gasteiger partial charge in [-0.05, 0) is 86.7 Å². The van der Waals surface area contributed by atoms with E-state index >= 15 is 0 Å². The highest BCUT2D eigenvalue weighted by Crippen LogP contribution is 2.48. The van der Waals surface area contributed by atoms with Crippen LogP contribution in [-0.2, 0) is 4.79 Å². The molecule has 2 aromatic carbocycles. The number of likely N-dealkylation sites (tertiary alicyclic amines) is 2. The molecule has 3 aliphatic heterocycles. The number of nitrogens with zero attached hydrogens (tertiary/aromatic N) is 3. The Hall–Kier alpha value is -2.18. The molecule has 2 fully saturated rings. The van der Waals surface area contributed by atoms with Gasteiger partial charge in [-0.15, -0.1) is 12.4 Å². The van der Waals surface area contributed by atoms with Crippen LogP contribution >= 0.6 is 12.4 Å². The van der Waals surface area contributed by atoms with Gasteiger partial charge in [0, 0.05) is 55.9 Å². The van der Waals surface area contributed by atoms with Gasteiger partial charge in [0.1, 0.15) is 11.6 Å². The molecule has 0 spiro atoms. The predicted octanol–water partition coefficient (Wildman–Crippen LogP) is 5.49. The molecule has 1 unspecified atom stereocenters. The highest BCUT2D eigenvalue weighted by molar-refractivity contribution is 5.85. The first kappa shape index (κ1) is 24.0. The van der Waals surface area contributed by atoms with Gasteiger partial charge in [0.2, 0.25) is 5.91 Å². The van der Waals surface area contributed by atoms with Crippen molar-refractivity contribution < 1.29 is 13.6 Å². The zero-order chi connectivity index (χ0) is 22.1. The summed E-state index contributed by atoms with van der Waals surface area (Å²) >= 11 is 0. The Labute approximate surface area is 201 Å². The molecule has 3 heterocycles. The van der Waals surface area contributed by atoms with Gasteiger partial charge in [0.05, 0.1) is 0 Å². The fourth-order valence-electron chi connectivity index (χ4n) is 5.71. The van der Waals surface area contributed by atoms with Crippen LogP contribution in [0, 0.1) is 11.6 Å². The predicted molar refractivity (Wildman–Crippen MR) is 129 cm³/mol. The Morgan fingerprint density at radius 2 is 1.67 bits per heavy atom. The minimum absolute atomic E-state index is 0. The number of hydrogen-bond donors (Lipinski definition) is 0. The van der Waals surface area contributed by atoms with Crippen LogP contribution in [0.15, 0.2) is 42.5 Å². The van der Waals surface area contributed by atoms with E-state index in [0.717, 1.165) is 81.8 Å². The van der Waals surface area contributed by atoms with Crippen molar-refractivity contribution in [1.82, 2.24) is 9.80 Å². The third-order valence-electron chi connectivity index (χ3n) is 7.32. The van der Waals surface area contributed by atoms with E-state index < -0.39 is 0 Å². The minimum atomic E-state index is -0.245. The normalized spacial score (nSPS) is 22.7. The number of hydrogen-bond acceptors (Lipinski definition) is 3. The van der Waals surface area contributed by atoms with Crippen LogP contribution in [-0.4, -0.2) is 54.5 Å². The first-order valence-corrected chi connectivity index (χ1v) is 11.9. The van der Waals surface area contributed by atoms with Crippen LogP contribution < -0.4 is 4.90 Å². The number of unbranched alkanes of at least 4 members (excludes halogenated alkanes) is 1. The maximum absolute atomic E-state index is 14.1. The van der Waals surface area contributed by atoms with Crippen LogP contribution in [0.1, 0.15) is 50.0 Å². The molecular formula is C26H32ClF2N3O. The summed E-state index contributed by atoms with van der Waals surface area (Å²) in [5, 5.41) is 0. The van der Waals surface area contributed by atoms with Gasteiger partial charge in [-0.2, -0.15) is 0 Å². The average Bonchev–Trinajstić information content (AvgIpc) is 3.11. The van der Waals surface area contributed by atoms with Crippen molar-refractivity contribution in [2.45, 2.75) is 50.5 Å². The summed E-state index contributed by atoms with van der Waals surface area (Å²) in [6, 6.07) is 12.0. The topological polar surface area (TPSA) is 26.8 Å². The standard InChI is InChI=1S/C26H31F2N3O.ClH/c27-19-6-9-21(10-7-19)31-24-11-8-20(28)17-22(24)23-18-29(16-12-25(23)31)13-3-4-15-30-14-2-1-5-26(30)32;/h6-11,17,23,25H,1-5,12-16,18H2;1H/t23?,25-;/m1./s1. The zero-order valence-corrected chi connectivity index (χ0v) is 19.7. The molecular weight excluding hydrogens is 444 g/mol. The van der Waals surface area contributed by atoms with Crippen LogP contribution in [0.5, 0.6) is 0 Å². The summed E-state index contributed by atoms with van der Waals surface area (Å²) < 4.78 is 27.6. The smallest absolute Gasteiger partial charge is 0.222 e. The van der Waals surface area contributed by atoms with Gasteiger partial charge in [-0.25, -0.2) is 8.78 Å². The Kier molecular flexibility index (Phi) is 7.55. The van der Waals surface area contributed by atoms with Gasteiger partial charge >= 0.3 is 0 Å². The van der Waals surface area contributed by atoms with Crippen molar-refractivity contribution in [3.8, 4) is 0 Å². The van der Waals surface area contributed by atoms with E-state index in [0.29, 0.717) is 12.3 Å². The maximum Gasteiger partial charge on any atom is 0.222 e. The van der Waals surface area contributed by atoms with Crippen LogP contribution in [0.25, 0.3) is 0 Å². The number of fused-ring (bicyclic) bond motifs is 3. The molecule has 4 nitrogen and oxygen atoms in total. The second-order valence-electron chi connectivity index (χ2n) is 9.36. The summed E-state index contributed by atoms with van der Waals surface area (Å²) in [5.74, 6) is 0.0994. The minimum Gasteiger partial charge on any atom is -0.343 e. The van der Waals surface area contributed by atoms with Gasteiger partial charge in [-0.3, -0.25) is 4.79 Å². The van der Waals surface area contributed by atoms with Crippen molar-refractivity contribution in [3.63, 3.8) is 0 Å². The third-order valence-corrected chi connectivity index (χ3v) is 7.32. The van der Waals surface area contributed by atoms with Crippen molar-refractivity contribution in [1.29, 1.82) is 0 Å². The fourth-order valence-corrected chi connectivity index (χ4v) is 5.71. The number of rotatable bonds is 6. The Balaban J connectivity index is 0.00000259. The SMILES string of the molecule is Cl.O=C1CCCCN1CCCCN1CC[C@@H]2C(C1)c1cc(F)ccc1N2c1ccc(F)cc1. The average molecular weight is 476 g/mol. The second kappa shape index (κ2) is 10.4. The number of carbonyl (C=O) groups is 1. The number of piperidine rings is 2. The zero-order valence-electron chi connectivity index (χ0n) is 18.9. The van der Waals surface area contributed by atoms with Crippen LogP contribution in [0.3, 0.4) is 0 Å². The van der Waals surface area contributed by atoms with E-state index in [2.05, 4.69) is 9.80 Å². The Morgan fingerprint density at radius 3 is 2.45 bits per heavy atom. The summed E-state index contributed by atoms with van der Waals surface area (Å²) in [6.07, 6.45) is 5.95. The molecule has 2 saturated heterocycles. The molecule has 5 rings (SSSR count). The van der Waals surface area contributed by atoms with Crippen molar-refractivity contribution in [2.24, 2.45) is 0 Å². The van der Waals surface area contributed by atoms with E-state index in [9.17, 15) is 13.6 Å². The maximum atomic E-state index is 14.1. The molecule has 1 amide bonds. The lowest BCUT2D eigenvalue weighted by molar-refractivity contribution is -0.133. The second-order valence-corrected chi connectivity index (χ2v) is 9.36. The van der Waals surface area contributed by atoms with Gasteiger partial charge in [0.25, 0.3) is 0 Å². The van der Waals surface area contributed by atoms with Crippen molar-refractivity contribution in [2.75, 3.05) is 37.6 Å². The van der Waals surface area contributed by atoms with Gasteiger partial charge < -0.3 is 14.7 Å². The molecule has 0 saturated carbocycles. The highest BCUT2D eigenvalue weighted by Gasteiger charge is 2.42. The van der Waals surface area contributed by atoms with Crippen molar-refractivity contribution in [3.05, 3.63) is 59.7 Å². The largest absolute Gasteiger partial charge is 0.343 e. The monoisotopic (exact) mass is 475 g/mol. The quantitative estimate of drug-likeness (QED) is 0.517. The Morgan fingerprint density at radius 1 is 0.909 bits per heavy atom. The van der Waals surface area contributed by atoms with Crippen LogP contribution in [0.2, 0.25) is 0 Å².